The molecule has 0 saturated carbocycles. The van der Waals surface area contributed by atoms with Crippen molar-refractivity contribution >= 4 is 23.5 Å². The van der Waals surface area contributed by atoms with Crippen LogP contribution in [-0.4, -0.2) is 60.3 Å². The van der Waals surface area contributed by atoms with Gasteiger partial charge in [-0.15, -0.1) is 0 Å². The van der Waals surface area contributed by atoms with Gasteiger partial charge in [0.05, 0.1) is 24.6 Å². The molecule has 10 nitrogen and oxygen atoms in total. The number of aryl methyl sites for hydroxylation is 1. The first kappa shape index (κ1) is 15.9. The van der Waals surface area contributed by atoms with Gasteiger partial charge in [0.15, 0.2) is 5.82 Å². The highest BCUT2D eigenvalue weighted by molar-refractivity contribution is 5.95. The quantitative estimate of drug-likeness (QED) is 0.447. The molecule has 0 bridgehead atoms. The average Bonchev–Trinajstić information content (AvgIpc) is 2.47. The van der Waals surface area contributed by atoms with Gasteiger partial charge in [-0.1, -0.05) is 0 Å². The molecule has 10 heteroatoms. The summed E-state index contributed by atoms with van der Waals surface area (Å²) in [5, 5.41) is 12.6. The van der Waals surface area contributed by atoms with Crippen LogP contribution in [0.3, 0.4) is 0 Å². The van der Waals surface area contributed by atoms with Crippen molar-refractivity contribution in [2.75, 3.05) is 44.1 Å². The molecule has 1 aromatic heterocycles. The number of anilines is 2. The van der Waals surface area contributed by atoms with Gasteiger partial charge in [0.25, 0.3) is 5.90 Å². The zero-order valence-corrected chi connectivity index (χ0v) is 12.5. The van der Waals surface area contributed by atoms with Crippen molar-refractivity contribution in [3.05, 3.63) is 11.5 Å². The highest BCUT2D eigenvalue weighted by Gasteiger charge is 2.18. The van der Waals surface area contributed by atoms with Gasteiger partial charge in [0.2, 0.25) is 5.82 Å². The summed E-state index contributed by atoms with van der Waals surface area (Å²) in [6.45, 7) is 4.42. The summed E-state index contributed by atoms with van der Waals surface area (Å²) < 4.78 is 9.81. The number of nitrogens with one attached hydrogen (secondary N) is 3. The topological polar surface area (TPSA) is 138 Å². The number of morpholine rings is 1. The van der Waals surface area contributed by atoms with Crippen LogP contribution in [0.2, 0.25) is 0 Å². The van der Waals surface area contributed by atoms with Crippen LogP contribution in [0.5, 0.6) is 0 Å². The number of ether oxygens (including phenoxy) is 2. The van der Waals surface area contributed by atoms with E-state index in [2.05, 4.69) is 25.4 Å². The summed E-state index contributed by atoms with van der Waals surface area (Å²) in [6, 6.07) is 0. The molecule has 0 radical (unpaired) electrons. The minimum absolute atomic E-state index is 0.0222. The lowest BCUT2D eigenvalue weighted by atomic mass is 10.3. The van der Waals surface area contributed by atoms with E-state index in [0.29, 0.717) is 43.5 Å². The van der Waals surface area contributed by atoms with Crippen LogP contribution in [0, 0.1) is 12.3 Å². The third kappa shape index (κ3) is 3.80. The third-order valence-electron chi connectivity index (χ3n) is 3.02. The van der Waals surface area contributed by atoms with Crippen LogP contribution in [0.4, 0.5) is 16.3 Å². The molecule has 1 aromatic rings. The number of hydrogen-bond acceptors (Lipinski definition) is 9. The molecule has 1 saturated heterocycles. The molecule has 1 fully saturated rings. The summed E-state index contributed by atoms with van der Waals surface area (Å²) in [5.74, 6) is -0.0286. The molecule has 22 heavy (non-hydrogen) atoms. The molecule has 0 aromatic carbocycles. The minimum Gasteiger partial charge on any atom is -0.388 e. The Morgan fingerprint density at radius 3 is 2.68 bits per heavy atom. The third-order valence-corrected chi connectivity index (χ3v) is 3.02. The molecule has 2 heterocycles. The number of carbonyl (C=O) groups excluding carboxylic acids is 1. The number of hydrogen-bond donors (Lipinski definition) is 4. The Hall–Kier alpha value is -2.46. The number of nitrogens with two attached hydrogens (primary N) is 1. The van der Waals surface area contributed by atoms with Gasteiger partial charge in [-0.25, -0.2) is 19.8 Å². The zero-order chi connectivity index (χ0) is 16.1. The largest absolute Gasteiger partial charge is 0.411 e. The van der Waals surface area contributed by atoms with E-state index in [0.717, 1.165) is 0 Å². The van der Waals surface area contributed by atoms with Crippen LogP contribution >= 0.6 is 0 Å². The molecule has 5 N–H and O–H groups in total. The van der Waals surface area contributed by atoms with Gasteiger partial charge >= 0.3 is 6.09 Å². The van der Waals surface area contributed by atoms with Crippen molar-refractivity contribution in [1.82, 2.24) is 15.0 Å². The molecule has 0 spiro atoms. The molecule has 0 aliphatic carbocycles. The molecule has 0 unspecified atom stereocenters. The smallest absolute Gasteiger partial charge is 0.388 e. The van der Waals surface area contributed by atoms with E-state index in [4.69, 9.17) is 15.9 Å². The SMILES string of the molecule is CNc1c(C)nc(C(=N)OC(N)=O)nc1NN1CCOCC1. The van der Waals surface area contributed by atoms with Crippen LogP contribution in [0.1, 0.15) is 11.5 Å². The maximum absolute atomic E-state index is 10.7. The van der Waals surface area contributed by atoms with Gasteiger partial charge in [-0.05, 0) is 6.92 Å². The molecular weight excluding hydrogens is 290 g/mol. The van der Waals surface area contributed by atoms with Crippen molar-refractivity contribution in [2.24, 2.45) is 5.73 Å². The number of primary amides is 1. The highest BCUT2D eigenvalue weighted by atomic mass is 16.6. The summed E-state index contributed by atoms with van der Waals surface area (Å²) in [4.78, 5) is 19.1. The van der Waals surface area contributed by atoms with Gasteiger partial charge in [-0.3, -0.25) is 5.41 Å². The monoisotopic (exact) mass is 309 g/mol. The molecule has 1 amide bonds. The van der Waals surface area contributed by atoms with E-state index in [1.54, 1.807) is 14.0 Å². The summed E-state index contributed by atoms with van der Waals surface area (Å²) in [5.41, 5.74) is 9.37. The van der Waals surface area contributed by atoms with Gasteiger partial charge < -0.3 is 25.9 Å². The Kier molecular flexibility index (Phi) is 5.07. The van der Waals surface area contributed by atoms with E-state index in [9.17, 15) is 4.79 Å². The fourth-order valence-electron chi connectivity index (χ4n) is 2.03. The lowest BCUT2D eigenvalue weighted by Gasteiger charge is -2.28. The van der Waals surface area contributed by atoms with Crippen molar-refractivity contribution in [1.29, 1.82) is 5.41 Å². The van der Waals surface area contributed by atoms with Crippen molar-refractivity contribution in [3.63, 3.8) is 0 Å². The Labute approximate surface area is 127 Å². The standard InChI is InChI=1S/C12H19N7O3/c1-7-8(15-2)10(18-19-3-5-21-6-4-19)17-11(16-7)9(13)22-12(14)20/h13,15H,3-6H2,1-2H3,(H2,14,20)(H,16,17,18). The van der Waals surface area contributed by atoms with Gasteiger partial charge in [0.1, 0.15) is 0 Å². The van der Waals surface area contributed by atoms with E-state index < -0.39 is 12.0 Å². The summed E-state index contributed by atoms with van der Waals surface area (Å²) >= 11 is 0. The van der Waals surface area contributed by atoms with Crippen LogP contribution in [-0.2, 0) is 9.47 Å². The van der Waals surface area contributed by atoms with Crippen molar-refractivity contribution < 1.29 is 14.3 Å². The second kappa shape index (κ2) is 7.00. The fourth-order valence-corrected chi connectivity index (χ4v) is 2.03. The number of carbonyl (C=O) groups is 1. The first-order chi connectivity index (χ1) is 10.5. The first-order valence-corrected chi connectivity index (χ1v) is 6.73. The maximum atomic E-state index is 10.7. The van der Waals surface area contributed by atoms with E-state index in [-0.39, 0.29) is 5.82 Å². The summed E-state index contributed by atoms with van der Waals surface area (Å²) in [7, 11) is 1.75. The number of amides is 1. The predicted octanol–water partition coefficient (Wildman–Crippen LogP) is -0.0935. The lowest BCUT2D eigenvalue weighted by molar-refractivity contribution is 0.0495. The van der Waals surface area contributed by atoms with Crippen LogP contribution in [0.15, 0.2) is 0 Å². The normalized spacial score (nSPS) is 15.2. The lowest BCUT2D eigenvalue weighted by Crippen LogP contribution is -2.40. The second-order valence-corrected chi connectivity index (χ2v) is 4.57. The molecule has 1 aliphatic heterocycles. The fraction of sp³-hybridized carbons (Fsp3) is 0.500. The first-order valence-electron chi connectivity index (χ1n) is 6.73. The second-order valence-electron chi connectivity index (χ2n) is 4.57. The average molecular weight is 309 g/mol. The number of rotatable bonds is 4. The highest BCUT2D eigenvalue weighted by Crippen LogP contribution is 2.23. The zero-order valence-electron chi connectivity index (χ0n) is 12.5. The van der Waals surface area contributed by atoms with Crippen molar-refractivity contribution in [3.8, 4) is 0 Å². The predicted molar refractivity (Wildman–Crippen MR) is 79.8 cm³/mol. The van der Waals surface area contributed by atoms with E-state index >= 15 is 0 Å². The van der Waals surface area contributed by atoms with Gasteiger partial charge in [-0.2, -0.15) is 0 Å². The number of nitrogens with zero attached hydrogens (tertiary/aromatic N) is 3. The Morgan fingerprint density at radius 2 is 2.09 bits per heavy atom. The Bertz CT molecular complexity index is 572. The van der Waals surface area contributed by atoms with Gasteiger partial charge in [0, 0.05) is 20.1 Å². The minimum atomic E-state index is -1.08. The molecule has 0 atom stereocenters. The Morgan fingerprint density at radius 1 is 1.41 bits per heavy atom. The summed E-state index contributed by atoms with van der Waals surface area (Å²) in [6.07, 6.45) is -1.08. The van der Waals surface area contributed by atoms with Crippen LogP contribution < -0.4 is 16.5 Å². The molecule has 1 aliphatic rings. The molecule has 2 rings (SSSR count). The number of aromatic nitrogens is 2. The molecule has 120 valence electrons. The van der Waals surface area contributed by atoms with E-state index in [1.807, 2.05) is 5.01 Å². The van der Waals surface area contributed by atoms with Crippen molar-refractivity contribution in [2.45, 2.75) is 6.92 Å². The molecular formula is C12H19N7O3. The number of hydrazine groups is 1. The Balaban J connectivity index is 2.26. The van der Waals surface area contributed by atoms with E-state index in [1.165, 1.54) is 0 Å². The maximum Gasteiger partial charge on any atom is 0.411 e. The van der Waals surface area contributed by atoms with Crippen LogP contribution in [0.25, 0.3) is 0 Å².